The van der Waals surface area contributed by atoms with Gasteiger partial charge in [0, 0.05) is 39.1 Å². The number of rotatable bonds is 6. The number of likely N-dealkylation sites (tertiary alicyclic amines) is 2. The zero-order valence-corrected chi connectivity index (χ0v) is 17.5. The molecule has 2 fully saturated rings. The second-order valence-corrected chi connectivity index (χ2v) is 8.55. The third-order valence-electron chi connectivity index (χ3n) is 6.08. The van der Waals surface area contributed by atoms with Crippen molar-refractivity contribution in [2.24, 2.45) is 11.8 Å². The average Bonchev–Trinajstić information content (AvgIpc) is 2.72. The molecule has 0 saturated carbocycles. The summed E-state index contributed by atoms with van der Waals surface area (Å²) in [6, 6.07) is 8.61. The number of nitrogens with one attached hydrogen (secondary N) is 1. The number of nitrogens with zero attached hydrogens (tertiary/aromatic N) is 2. The molecular weight excluding hydrogens is 350 g/mol. The van der Waals surface area contributed by atoms with Crippen molar-refractivity contribution in [3.05, 3.63) is 35.4 Å². The van der Waals surface area contributed by atoms with Crippen molar-refractivity contribution in [2.45, 2.75) is 59.0 Å². The minimum absolute atomic E-state index is 0.0694. The molecule has 5 heteroatoms. The van der Waals surface area contributed by atoms with Gasteiger partial charge in [-0.3, -0.25) is 14.5 Å². The van der Waals surface area contributed by atoms with E-state index in [0.717, 1.165) is 37.4 Å². The molecule has 0 bridgehead atoms. The Kier molecular flexibility index (Phi) is 7.49. The lowest BCUT2D eigenvalue weighted by Gasteiger charge is -2.32. The van der Waals surface area contributed by atoms with Gasteiger partial charge in [-0.15, -0.1) is 0 Å². The lowest BCUT2D eigenvalue weighted by Crippen LogP contribution is -2.45. The zero-order chi connectivity index (χ0) is 19.9. The van der Waals surface area contributed by atoms with E-state index in [1.165, 1.54) is 31.5 Å². The second kappa shape index (κ2) is 10.1. The molecule has 3 rings (SSSR count). The number of amides is 2. The number of benzene rings is 1. The van der Waals surface area contributed by atoms with Gasteiger partial charge in [0.15, 0.2) is 0 Å². The number of hydrogen-bond donors (Lipinski definition) is 1. The minimum atomic E-state index is -0.0791. The predicted molar refractivity (Wildman–Crippen MR) is 112 cm³/mol. The largest absolute Gasteiger partial charge is 0.352 e. The van der Waals surface area contributed by atoms with Crippen LogP contribution in [0.2, 0.25) is 0 Å². The van der Waals surface area contributed by atoms with Crippen molar-refractivity contribution in [3.63, 3.8) is 0 Å². The summed E-state index contributed by atoms with van der Waals surface area (Å²) in [7, 11) is 0. The van der Waals surface area contributed by atoms with Gasteiger partial charge in [0.05, 0.1) is 5.92 Å². The van der Waals surface area contributed by atoms with Crippen LogP contribution >= 0.6 is 0 Å². The van der Waals surface area contributed by atoms with Crippen LogP contribution in [0.1, 0.15) is 57.1 Å². The topological polar surface area (TPSA) is 52.7 Å². The van der Waals surface area contributed by atoms with Crippen molar-refractivity contribution >= 4 is 11.8 Å². The highest BCUT2D eigenvalue weighted by atomic mass is 16.2. The Morgan fingerprint density at radius 3 is 2.46 bits per heavy atom. The molecule has 28 heavy (non-hydrogen) atoms. The van der Waals surface area contributed by atoms with Crippen LogP contribution in [-0.4, -0.2) is 47.8 Å². The fourth-order valence-corrected chi connectivity index (χ4v) is 4.43. The Labute approximate surface area is 169 Å². The molecule has 1 aromatic rings. The van der Waals surface area contributed by atoms with Crippen LogP contribution in [-0.2, 0) is 22.7 Å². The maximum Gasteiger partial charge on any atom is 0.225 e. The van der Waals surface area contributed by atoms with Crippen LogP contribution in [0.15, 0.2) is 24.3 Å². The monoisotopic (exact) mass is 385 g/mol. The Balaban J connectivity index is 1.45. The zero-order valence-electron chi connectivity index (χ0n) is 17.5. The van der Waals surface area contributed by atoms with E-state index in [1.54, 1.807) is 0 Å². The third kappa shape index (κ3) is 5.81. The summed E-state index contributed by atoms with van der Waals surface area (Å²) >= 11 is 0. The summed E-state index contributed by atoms with van der Waals surface area (Å²) in [5.74, 6) is 0.937. The Hall–Kier alpha value is -1.88. The lowest BCUT2D eigenvalue weighted by atomic mass is 9.96. The summed E-state index contributed by atoms with van der Waals surface area (Å²) in [5, 5.41) is 3.07. The summed E-state index contributed by atoms with van der Waals surface area (Å²) < 4.78 is 0. The highest BCUT2D eigenvalue weighted by Crippen LogP contribution is 2.19. The Morgan fingerprint density at radius 2 is 1.75 bits per heavy atom. The van der Waals surface area contributed by atoms with E-state index in [9.17, 15) is 9.59 Å². The molecule has 0 radical (unpaired) electrons. The van der Waals surface area contributed by atoms with Gasteiger partial charge in [0.25, 0.3) is 0 Å². The van der Waals surface area contributed by atoms with Gasteiger partial charge in [-0.2, -0.15) is 0 Å². The molecule has 0 aromatic heterocycles. The number of piperidine rings is 2. The molecule has 2 amide bonds. The summed E-state index contributed by atoms with van der Waals surface area (Å²) in [4.78, 5) is 28.8. The van der Waals surface area contributed by atoms with Gasteiger partial charge in [-0.25, -0.2) is 0 Å². The molecule has 2 aliphatic rings. The quantitative estimate of drug-likeness (QED) is 0.818. The molecule has 1 N–H and O–H groups in total. The van der Waals surface area contributed by atoms with E-state index in [4.69, 9.17) is 0 Å². The molecule has 1 aromatic carbocycles. The van der Waals surface area contributed by atoms with E-state index in [1.807, 2.05) is 11.8 Å². The normalized spacial score (nSPS) is 23.4. The van der Waals surface area contributed by atoms with Gasteiger partial charge in [-0.1, -0.05) is 38.1 Å². The molecule has 5 nitrogen and oxygen atoms in total. The van der Waals surface area contributed by atoms with Crippen molar-refractivity contribution in [1.29, 1.82) is 0 Å². The van der Waals surface area contributed by atoms with Crippen molar-refractivity contribution in [1.82, 2.24) is 15.1 Å². The van der Waals surface area contributed by atoms with Crippen molar-refractivity contribution < 1.29 is 9.59 Å². The van der Waals surface area contributed by atoms with E-state index < -0.39 is 0 Å². The van der Waals surface area contributed by atoms with E-state index in [2.05, 4.69) is 41.4 Å². The van der Waals surface area contributed by atoms with Crippen LogP contribution in [0.5, 0.6) is 0 Å². The number of carbonyl (C=O) groups is 2. The lowest BCUT2D eigenvalue weighted by molar-refractivity contribution is -0.135. The van der Waals surface area contributed by atoms with Crippen molar-refractivity contribution in [3.8, 4) is 0 Å². The minimum Gasteiger partial charge on any atom is -0.352 e. The SMILES string of the molecule is CCC(=O)N1CCCC(C(=O)NCc2ccc(CN3CCCC(C)C3)cc2)C1. The first-order chi connectivity index (χ1) is 13.5. The summed E-state index contributed by atoms with van der Waals surface area (Å²) in [6.07, 6.45) is 4.94. The van der Waals surface area contributed by atoms with Crippen LogP contribution in [0.4, 0.5) is 0 Å². The molecule has 2 aliphatic heterocycles. The molecule has 2 atom stereocenters. The molecule has 2 heterocycles. The van der Waals surface area contributed by atoms with Crippen LogP contribution in [0, 0.1) is 11.8 Å². The first kappa shape index (κ1) is 20.8. The molecule has 2 saturated heterocycles. The third-order valence-corrected chi connectivity index (χ3v) is 6.08. The fourth-order valence-electron chi connectivity index (χ4n) is 4.43. The van der Waals surface area contributed by atoms with Crippen LogP contribution < -0.4 is 5.32 Å². The molecule has 2 unspecified atom stereocenters. The van der Waals surface area contributed by atoms with Gasteiger partial charge in [-0.05, 0) is 49.3 Å². The van der Waals surface area contributed by atoms with Gasteiger partial charge in [0.2, 0.25) is 11.8 Å². The molecule has 0 aliphatic carbocycles. The molecular formula is C23H35N3O2. The summed E-state index contributed by atoms with van der Waals surface area (Å²) in [5.41, 5.74) is 2.46. The highest BCUT2D eigenvalue weighted by molar-refractivity contribution is 5.81. The Bertz CT molecular complexity index is 658. The maximum absolute atomic E-state index is 12.5. The standard InChI is InChI=1S/C23H35N3O2/c1-3-22(27)26-13-5-7-21(17-26)23(28)24-14-19-8-10-20(11-9-19)16-25-12-4-6-18(2)15-25/h8-11,18,21H,3-7,12-17H2,1-2H3,(H,24,28). The number of hydrogen-bond acceptors (Lipinski definition) is 3. The fraction of sp³-hybridized carbons (Fsp3) is 0.652. The first-order valence-electron chi connectivity index (χ1n) is 10.9. The molecule has 0 spiro atoms. The van der Waals surface area contributed by atoms with E-state index >= 15 is 0 Å². The number of carbonyl (C=O) groups excluding carboxylic acids is 2. The average molecular weight is 386 g/mol. The molecule has 154 valence electrons. The van der Waals surface area contributed by atoms with Gasteiger partial charge < -0.3 is 10.2 Å². The predicted octanol–water partition coefficient (Wildman–Crippen LogP) is 3.18. The van der Waals surface area contributed by atoms with E-state index in [0.29, 0.717) is 19.5 Å². The van der Waals surface area contributed by atoms with Crippen LogP contribution in [0.25, 0.3) is 0 Å². The summed E-state index contributed by atoms with van der Waals surface area (Å²) in [6.45, 7) is 9.51. The Morgan fingerprint density at radius 1 is 1.04 bits per heavy atom. The second-order valence-electron chi connectivity index (χ2n) is 8.55. The van der Waals surface area contributed by atoms with Gasteiger partial charge in [0.1, 0.15) is 0 Å². The van der Waals surface area contributed by atoms with Crippen molar-refractivity contribution in [2.75, 3.05) is 26.2 Å². The highest BCUT2D eigenvalue weighted by Gasteiger charge is 2.27. The first-order valence-corrected chi connectivity index (χ1v) is 10.9. The van der Waals surface area contributed by atoms with Gasteiger partial charge >= 0.3 is 0 Å². The van der Waals surface area contributed by atoms with E-state index in [-0.39, 0.29) is 17.7 Å². The van der Waals surface area contributed by atoms with Crippen LogP contribution in [0.3, 0.4) is 0 Å². The smallest absolute Gasteiger partial charge is 0.225 e. The maximum atomic E-state index is 12.5.